The lowest BCUT2D eigenvalue weighted by Gasteiger charge is -2.47. The van der Waals surface area contributed by atoms with Gasteiger partial charge >= 0.3 is 0 Å². The van der Waals surface area contributed by atoms with Gasteiger partial charge in [0.25, 0.3) is 0 Å². The summed E-state index contributed by atoms with van der Waals surface area (Å²) in [5, 5.41) is 0. The van der Waals surface area contributed by atoms with Crippen molar-refractivity contribution in [1.29, 1.82) is 0 Å². The van der Waals surface area contributed by atoms with Crippen LogP contribution in [-0.4, -0.2) is 61.8 Å². The number of nitrogens with zero attached hydrogens (tertiary/aromatic N) is 3. The van der Waals surface area contributed by atoms with Crippen molar-refractivity contribution >= 4 is 0 Å². The molecule has 1 aliphatic rings. The minimum atomic E-state index is 0.400. The van der Waals surface area contributed by atoms with Crippen molar-refractivity contribution in [1.82, 2.24) is 14.7 Å². The van der Waals surface area contributed by atoms with Crippen LogP contribution in [0.5, 0.6) is 0 Å². The Balaban J connectivity index is 2.71. The number of rotatable bonds is 2. The van der Waals surface area contributed by atoms with Crippen LogP contribution in [0.15, 0.2) is 12.7 Å². The Bertz CT molecular complexity index is 179. The molecule has 0 aromatic heterocycles. The van der Waals surface area contributed by atoms with Crippen molar-refractivity contribution in [3.63, 3.8) is 0 Å². The van der Waals surface area contributed by atoms with E-state index in [0.717, 1.165) is 6.54 Å². The third-order valence-electron chi connectivity index (χ3n) is 2.79. The molecule has 0 N–H and O–H groups in total. The second kappa shape index (κ2) is 4.22. The van der Waals surface area contributed by atoms with Crippen LogP contribution in [0.2, 0.25) is 0 Å². The summed E-state index contributed by atoms with van der Waals surface area (Å²) in [4.78, 5) is 6.95. The Kier molecular flexibility index (Phi) is 3.47. The first kappa shape index (κ1) is 10.7. The van der Waals surface area contributed by atoms with E-state index in [-0.39, 0.29) is 0 Å². The maximum atomic E-state index is 3.87. The summed E-state index contributed by atoms with van der Waals surface area (Å²) in [5.41, 5.74) is 0. The molecule has 0 aromatic carbocycles. The second-order valence-corrected chi connectivity index (χ2v) is 4.05. The van der Waals surface area contributed by atoms with Crippen LogP contribution in [0.3, 0.4) is 0 Å². The zero-order valence-electron chi connectivity index (χ0n) is 9.20. The molecule has 3 nitrogen and oxygen atoms in total. The van der Waals surface area contributed by atoms with Crippen molar-refractivity contribution in [2.24, 2.45) is 0 Å². The summed E-state index contributed by atoms with van der Waals surface area (Å²) < 4.78 is 0. The molecule has 0 aliphatic carbocycles. The Hall–Kier alpha value is -0.380. The summed E-state index contributed by atoms with van der Waals surface area (Å²) in [6.45, 7) is 5.02. The molecule has 0 spiro atoms. The molecule has 0 amide bonds. The Morgan fingerprint density at radius 3 is 2.46 bits per heavy atom. The SMILES string of the molecule is C=CC1CCN(C)C(N(C)C)N1C. The summed E-state index contributed by atoms with van der Waals surface area (Å²) in [7, 11) is 8.55. The van der Waals surface area contributed by atoms with Gasteiger partial charge in [0.2, 0.25) is 0 Å². The van der Waals surface area contributed by atoms with E-state index in [0.29, 0.717) is 12.3 Å². The molecule has 0 saturated carbocycles. The van der Waals surface area contributed by atoms with E-state index in [1.165, 1.54) is 6.42 Å². The number of likely N-dealkylation sites (N-methyl/N-ethyl adjacent to an activating group) is 1. The molecule has 1 saturated heterocycles. The summed E-state index contributed by atoms with van der Waals surface area (Å²) in [6, 6.07) is 0.517. The molecular weight excluding hydrogens is 162 g/mol. The zero-order valence-corrected chi connectivity index (χ0v) is 9.20. The molecule has 1 fully saturated rings. The average molecular weight is 183 g/mol. The Morgan fingerprint density at radius 2 is 2.00 bits per heavy atom. The minimum absolute atomic E-state index is 0.400. The fourth-order valence-electron chi connectivity index (χ4n) is 2.18. The van der Waals surface area contributed by atoms with Crippen LogP contribution in [0.4, 0.5) is 0 Å². The molecule has 0 bridgehead atoms. The fourth-order valence-corrected chi connectivity index (χ4v) is 2.18. The van der Waals surface area contributed by atoms with Gasteiger partial charge < -0.3 is 0 Å². The quantitative estimate of drug-likeness (QED) is 0.582. The van der Waals surface area contributed by atoms with E-state index in [1.54, 1.807) is 0 Å². The highest BCUT2D eigenvalue weighted by molar-refractivity contribution is 4.92. The van der Waals surface area contributed by atoms with Crippen molar-refractivity contribution in [2.75, 3.05) is 34.7 Å². The maximum Gasteiger partial charge on any atom is 0.119 e. The maximum absolute atomic E-state index is 3.87. The highest BCUT2D eigenvalue weighted by Crippen LogP contribution is 2.18. The van der Waals surface area contributed by atoms with Crippen LogP contribution in [-0.2, 0) is 0 Å². The molecule has 1 rings (SSSR count). The molecule has 76 valence electrons. The van der Waals surface area contributed by atoms with Crippen LogP contribution >= 0.6 is 0 Å². The fraction of sp³-hybridized carbons (Fsp3) is 0.800. The molecule has 0 radical (unpaired) electrons. The standard InChI is InChI=1S/C10H21N3/c1-6-9-7-8-12(4)10(11(2)3)13(9)5/h6,9-10H,1,7-8H2,2-5H3. The normalized spacial score (nSPS) is 32.4. The molecule has 2 unspecified atom stereocenters. The van der Waals surface area contributed by atoms with E-state index in [1.807, 2.05) is 6.08 Å². The van der Waals surface area contributed by atoms with Gasteiger partial charge in [-0.05, 0) is 34.6 Å². The third kappa shape index (κ3) is 2.10. The third-order valence-corrected chi connectivity index (χ3v) is 2.79. The van der Waals surface area contributed by atoms with Gasteiger partial charge in [-0.1, -0.05) is 6.08 Å². The van der Waals surface area contributed by atoms with Gasteiger partial charge in [0.05, 0.1) is 0 Å². The molecule has 3 heteroatoms. The van der Waals surface area contributed by atoms with E-state index >= 15 is 0 Å². The van der Waals surface area contributed by atoms with Crippen molar-refractivity contribution in [3.8, 4) is 0 Å². The molecule has 1 aliphatic heterocycles. The number of hydrogen-bond donors (Lipinski definition) is 0. The van der Waals surface area contributed by atoms with Gasteiger partial charge in [0, 0.05) is 12.6 Å². The first-order valence-electron chi connectivity index (χ1n) is 4.79. The predicted octanol–water partition coefficient (Wildman–Crippen LogP) is 0.653. The Morgan fingerprint density at radius 1 is 1.38 bits per heavy atom. The van der Waals surface area contributed by atoms with E-state index < -0.39 is 0 Å². The highest BCUT2D eigenvalue weighted by Gasteiger charge is 2.30. The van der Waals surface area contributed by atoms with Gasteiger partial charge in [-0.25, -0.2) is 0 Å². The van der Waals surface area contributed by atoms with Gasteiger partial charge in [-0.2, -0.15) is 0 Å². The van der Waals surface area contributed by atoms with Crippen molar-refractivity contribution in [2.45, 2.75) is 18.8 Å². The molecular formula is C10H21N3. The van der Waals surface area contributed by atoms with Gasteiger partial charge in [0.15, 0.2) is 0 Å². The summed E-state index contributed by atoms with van der Waals surface area (Å²) in [6.07, 6.45) is 3.63. The van der Waals surface area contributed by atoms with Crippen molar-refractivity contribution < 1.29 is 0 Å². The smallest absolute Gasteiger partial charge is 0.119 e. The summed E-state index contributed by atoms with van der Waals surface area (Å²) in [5.74, 6) is 0. The molecule has 13 heavy (non-hydrogen) atoms. The van der Waals surface area contributed by atoms with Gasteiger partial charge in [0.1, 0.15) is 6.29 Å². The Labute approximate surface area is 81.6 Å². The van der Waals surface area contributed by atoms with Gasteiger partial charge in [-0.15, -0.1) is 6.58 Å². The monoisotopic (exact) mass is 183 g/mol. The first-order valence-corrected chi connectivity index (χ1v) is 4.79. The van der Waals surface area contributed by atoms with Crippen molar-refractivity contribution in [3.05, 3.63) is 12.7 Å². The zero-order chi connectivity index (χ0) is 10.0. The molecule has 0 aromatic rings. The van der Waals surface area contributed by atoms with E-state index in [4.69, 9.17) is 0 Å². The molecule has 1 heterocycles. The first-order chi connectivity index (χ1) is 6.07. The topological polar surface area (TPSA) is 9.72 Å². The highest BCUT2D eigenvalue weighted by atomic mass is 15.5. The van der Waals surface area contributed by atoms with E-state index in [2.05, 4.69) is 49.5 Å². The van der Waals surface area contributed by atoms with Gasteiger partial charge in [-0.3, -0.25) is 14.7 Å². The lowest BCUT2D eigenvalue weighted by atomic mass is 10.1. The van der Waals surface area contributed by atoms with E-state index in [9.17, 15) is 0 Å². The molecule has 2 atom stereocenters. The lowest BCUT2D eigenvalue weighted by Crippen LogP contribution is -2.60. The predicted molar refractivity (Wildman–Crippen MR) is 56.5 cm³/mol. The van der Waals surface area contributed by atoms with Crippen LogP contribution in [0, 0.1) is 0 Å². The van der Waals surface area contributed by atoms with Crippen LogP contribution in [0.25, 0.3) is 0 Å². The van der Waals surface area contributed by atoms with Crippen LogP contribution in [0.1, 0.15) is 6.42 Å². The average Bonchev–Trinajstić information content (AvgIpc) is 2.04. The van der Waals surface area contributed by atoms with Crippen LogP contribution < -0.4 is 0 Å². The second-order valence-electron chi connectivity index (χ2n) is 4.05. The number of hydrogen-bond acceptors (Lipinski definition) is 3. The lowest BCUT2D eigenvalue weighted by molar-refractivity contribution is -0.0663. The summed E-state index contributed by atoms with van der Waals surface area (Å²) >= 11 is 0. The minimum Gasteiger partial charge on any atom is -0.282 e. The largest absolute Gasteiger partial charge is 0.282 e.